The second kappa shape index (κ2) is 7.63. The second-order valence-electron chi connectivity index (χ2n) is 7.00. The average molecular weight is 435 g/mol. The summed E-state index contributed by atoms with van der Waals surface area (Å²) in [7, 11) is 0. The molecule has 31 heavy (non-hydrogen) atoms. The Morgan fingerprint density at radius 1 is 0.871 bits per heavy atom. The monoisotopic (exact) mass is 435 g/mol. The van der Waals surface area contributed by atoms with E-state index in [1.165, 1.54) is 12.1 Å². The lowest BCUT2D eigenvalue weighted by atomic mass is 10.1. The molecule has 2 aromatic carbocycles. The number of benzene rings is 2. The summed E-state index contributed by atoms with van der Waals surface area (Å²) in [6.45, 7) is -0.577. The third-order valence-corrected chi connectivity index (χ3v) is 4.89. The molecule has 0 unspecified atom stereocenters. The molecule has 1 saturated heterocycles. The number of aliphatic hydroxyl groups is 3. The zero-order chi connectivity index (χ0) is 22.4. The number of aromatic hydroxyl groups is 5. The van der Waals surface area contributed by atoms with E-state index in [2.05, 4.69) is 0 Å². The Labute approximate surface area is 173 Å². The molecule has 164 valence electrons. The van der Waals surface area contributed by atoms with Gasteiger partial charge in [0.05, 0.1) is 18.2 Å². The molecular weight excluding hydrogens is 416 g/mol. The number of phenolic OH excluding ortho intramolecular Hbond substituents is 5. The standard InChI is InChI=1S/C20H18O11/c21-6-15-17(27)18(28)20(31-15)30-14-5-9-10(23)3-8(22)4-13(9)29-19(14)7-1-11(24)16(26)12(25)2-7/h1-5,15,17-18,20-21,27-28H,6H2,(H4-,22,23,24,25,26)/p+1/t15-,17-,18+,20-/m0/s1. The molecule has 0 spiro atoms. The molecule has 0 saturated carbocycles. The van der Waals surface area contributed by atoms with Gasteiger partial charge in [0.25, 0.3) is 0 Å². The first-order chi connectivity index (χ1) is 14.7. The minimum absolute atomic E-state index is 0.00747. The Bertz CT molecular complexity index is 1120. The molecule has 4 atom stereocenters. The van der Waals surface area contributed by atoms with Crippen molar-refractivity contribution in [3.8, 4) is 45.8 Å². The van der Waals surface area contributed by atoms with Crippen molar-refractivity contribution in [2.45, 2.75) is 24.6 Å². The maximum atomic E-state index is 10.2. The number of hydrogen-bond acceptors (Lipinski definition) is 10. The van der Waals surface area contributed by atoms with Crippen LogP contribution in [-0.2, 0) is 4.74 Å². The summed E-state index contributed by atoms with van der Waals surface area (Å²) in [5.41, 5.74) is 0.0346. The molecule has 0 amide bonds. The van der Waals surface area contributed by atoms with Crippen LogP contribution < -0.4 is 4.74 Å². The second-order valence-corrected chi connectivity index (χ2v) is 7.00. The normalized spacial score (nSPS) is 23.3. The highest BCUT2D eigenvalue weighted by atomic mass is 16.7. The number of phenols is 5. The summed E-state index contributed by atoms with van der Waals surface area (Å²) in [4.78, 5) is 0. The highest BCUT2D eigenvalue weighted by molar-refractivity contribution is 5.88. The van der Waals surface area contributed by atoms with Gasteiger partial charge in [0.1, 0.15) is 35.2 Å². The van der Waals surface area contributed by atoms with Crippen molar-refractivity contribution in [2.75, 3.05) is 6.61 Å². The summed E-state index contributed by atoms with van der Waals surface area (Å²) in [5, 5.41) is 78.7. The number of ether oxygens (including phenoxy) is 2. The van der Waals surface area contributed by atoms with Crippen LogP contribution in [0.25, 0.3) is 22.3 Å². The molecule has 0 aliphatic carbocycles. The first-order valence-electron chi connectivity index (χ1n) is 9.07. The van der Waals surface area contributed by atoms with Gasteiger partial charge in [-0.05, 0) is 0 Å². The van der Waals surface area contributed by atoms with Crippen molar-refractivity contribution in [1.82, 2.24) is 0 Å². The van der Waals surface area contributed by atoms with Crippen molar-refractivity contribution in [1.29, 1.82) is 0 Å². The van der Waals surface area contributed by atoms with Gasteiger partial charge in [-0.3, -0.25) is 0 Å². The quantitative estimate of drug-likeness (QED) is 0.213. The van der Waals surface area contributed by atoms with Crippen LogP contribution >= 0.6 is 0 Å². The van der Waals surface area contributed by atoms with E-state index in [0.29, 0.717) is 0 Å². The molecule has 1 aromatic heterocycles. The molecule has 3 aromatic rings. The van der Waals surface area contributed by atoms with Gasteiger partial charge >= 0.3 is 11.3 Å². The van der Waals surface area contributed by atoms with Gasteiger partial charge in [-0.2, -0.15) is 0 Å². The molecule has 0 radical (unpaired) electrons. The van der Waals surface area contributed by atoms with Crippen LogP contribution in [0.4, 0.5) is 0 Å². The maximum Gasteiger partial charge on any atom is 0.402 e. The number of fused-ring (bicyclic) bond motifs is 1. The van der Waals surface area contributed by atoms with Crippen LogP contribution in [0.15, 0.2) is 34.7 Å². The van der Waals surface area contributed by atoms with Gasteiger partial charge in [-0.25, -0.2) is 4.42 Å². The van der Waals surface area contributed by atoms with Crippen LogP contribution in [0, 0.1) is 0 Å². The van der Waals surface area contributed by atoms with E-state index in [-0.39, 0.29) is 39.5 Å². The summed E-state index contributed by atoms with van der Waals surface area (Å²) >= 11 is 0. The van der Waals surface area contributed by atoms with Crippen molar-refractivity contribution in [3.63, 3.8) is 0 Å². The Morgan fingerprint density at radius 3 is 2.16 bits per heavy atom. The number of aliphatic hydroxyl groups excluding tert-OH is 3. The van der Waals surface area contributed by atoms with Crippen molar-refractivity contribution in [3.05, 3.63) is 30.3 Å². The summed E-state index contributed by atoms with van der Waals surface area (Å²) < 4.78 is 16.7. The molecule has 1 aliphatic rings. The van der Waals surface area contributed by atoms with Crippen LogP contribution in [0.3, 0.4) is 0 Å². The van der Waals surface area contributed by atoms with Crippen molar-refractivity contribution < 1.29 is 54.7 Å². The average Bonchev–Trinajstić information content (AvgIpc) is 2.99. The van der Waals surface area contributed by atoms with E-state index in [4.69, 9.17) is 13.9 Å². The maximum absolute atomic E-state index is 10.2. The Morgan fingerprint density at radius 2 is 1.55 bits per heavy atom. The molecule has 11 nitrogen and oxygen atoms in total. The third-order valence-electron chi connectivity index (χ3n) is 4.89. The zero-order valence-corrected chi connectivity index (χ0v) is 15.7. The minimum atomic E-state index is -1.53. The van der Waals surface area contributed by atoms with Crippen LogP contribution in [0.2, 0.25) is 0 Å². The van der Waals surface area contributed by atoms with Crippen molar-refractivity contribution >= 4 is 11.0 Å². The predicted molar refractivity (Wildman–Crippen MR) is 103 cm³/mol. The molecular formula is C20H19O11+. The fourth-order valence-electron chi connectivity index (χ4n) is 3.30. The third kappa shape index (κ3) is 3.59. The summed E-state index contributed by atoms with van der Waals surface area (Å²) in [6, 6.07) is 5.68. The molecule has 2 heterocycles. The Kier molecular flexibility index (Phi) is 5.11. The number of hydrogen-bond donors (Lipinski definition) is 8. The summed E-state index contributed by atoms with van der Waals surface area (Å²) in [6.07, 6.45) is -5.50. The molecule has 4 rings (SSSR count). The van der Waals surface area contributed by atoms with E-state index in [0.717, 1.165) is 18.2 Å². The molecule has 0 bridgehead atoms. The van der Waals surface area contributed by atoms with Gasteiger partial charge in [0.15, 0.2) is 17.2 Å². The molecule has 8 N–H and O–H groups in total. The topological polar surface area (TPSA) is 192 Å². The predicted octanol–water partition coefficient (Wildman–Crippen LogP) is 0.727. The highest BCUT2D eigenvalue weighted by Crippen LogP contribution is 2.44. The smallest absolute Gasteiger partial charge is 0.402 e. The highest BCUT2D eigenvalue weighted by Gasteiger charge is 2.45. The molecule has 11 heteroatoms. The lowest BCUT2D eigenvalue weighted by molar-refractivity contribution is -0.116. The van der Waals surface area contributed by atoms with Crippen LogP contribution in [0.1, 0.15) is 0 Å². The molecule has 1 fully saturated rings. The Hall–Kier alpha value is -3.51. The number of rotatable bonds is 4. The first kappa shape index (κ1) is 20.8. The largest absolute Gasteiger partial charge is 0.507 e. The fraction of sp³-hybridized carbons (Fsp3) is 0.250. The van der Waals surface area contributed by atoms with E-state index in [9.17, 15) is 40.9 Å². The summed E-state index contributed by atoms with van der Waals surface area (Å²) in [5.74, 6) is -3.02. The van der Waals surface area contributed by atoms with E-state index < -0.39 is 48.5 Å². The Balaban J connectivity index is 1.87. The van der Waals surface area contributed by atoms with E-state index in [1.807, 2.05) is 0 Å². The minimum Gasteiger partial charge on any atom is -0.507 e. The lowest BCUT2D eigenvalue weighted by Gasteiger charge is -2.16. The van der Waals surface area contributed by atoms with Crippen LogP contribution in [0.5, 0.6) is 34.5 Å². The van der Waals surface area contributed by atoms with E-state index >= 15 is 0 Å². The van der Waals surface area contributed by atoms with E-state index in [1.54, 1.807) is 0 Å². The van der Waals surface area contributed by atoms with Gasteiger partial charge in [0, 0.05) is 24.3 Å². The van der Waals surface area contributed by atoms with Crippen molar-refractivity contribution in [2.24, 2.45) is 0 Å². The van der Waals surface area contributed by atoms with Gasteiger partial charge < -0.3 is 50.3 Å². The molecule has 1 aliphatic heterocycles. The fourth-order valence-corrected chi connectivity index (χ4v) is 3.30. The lowest BCUT2D eigenvalue weighted by Crippen LogP contribution is -2.35. The van der Waals surface area contributed by atoms with Gasteiger partial charge in [-0.1, -0.05) is 0 Å². The van der Waals surface area contributed by atoms with Gasteiger partial charge in [-0.15, -0.1) is 0 Å². The van der Waals surface area contributed by atoms with Crippen LogP contribution in [-0.4, -0.2) is 72.1 Å². The SMILES string of the molecule is OC[C@@H]1O[C@H](Oc2cc3c(O)cc(O)cc3[o+]c2-c2cc(O)c(O)c(O)c2)[C@H](O)[C@H]1O. The zero-order valence-electron chi connectivity index (χ0n) is 15.7. The first-order valence-corrected chi connectivity index (χ1v) is 9.07. The van der Waals surface area contributed by atoms with Gasteiger partial charge in [0.2, 0.25) is 12.0 Å².